The largest absolute Gasteiger partial charge is 0.323 e. The number of para-hydroxylation sites is 1. The molecule has 0 saturated heterocycles. The number of Topliss-reactive ketones (excluding diaryl/α,β-unsaturated/α-hetero) is 1. The van der Waals surface area contributed by atoms with Gasteiger partial charge < -0.3 is 10.6 Å². The summed E-state index contributed by atoms with van der Waals surface area (Å²) < 4.78 is 0. The standard InChI is InChI=1S/C17H17ClN2O2/c1-3-12-9-15(18)14(11(2)21)10-16(12)20-17(22)19-13-7-5-4-6-8-13/h4-10H,3H2,1-2H3,(H2,19,20,22). The maximum absolute atomic E-state index is 12.1. The van der Waals surface area contributed by atoms with Crippen LogP contribution in [0.5, 0.6) is 0 Å². The molecule has 0 fully saturated rings. The number of urea groups is 1. The number of hydrogen-bond donors (Lipinski definition) is 2. The second-order valence-electron chi connectivity index (χ2n) is 4.84. The summed E-state index contributed by atoms with van der Waals surface area (Å²) in [5, 5.41) is 5.91. The first-order chi connectivity index (χ1) is 10.5. The molecule has 0 radical (unpaired) electrons. The Bertz CT molecular complexity index is 699. The number of ketones is 1. The summed E-state index contributed by atoms with van der Waals surface area (Å²) in [4.78, 5) is 23.7. The van der Waals surface area contributed by atoms with Gasteiger partial charge in [0.15, 0.2) is 5.78 Å². The normalized spacial score (nSPS) is 10.1. The Balaban J connectivity index is 2.22. The number of carbonyl (C=O) groups excluding carboxylic acids is 2. The quantitative estimate of drug-likeness (QED) is 0.800. The van der Waals surface area contributed by atoms with Gasteiger partial charge in [-0.1, -0.05) is 36.7 Å². The first-order valence-electron chi connectivity index (χ1n) is 6.97. The van der Waals surface area contributed by atoms with Crippen LogP contribution >= 0.6 is 11.6 Å². The maximum Gasteiger partial charge on any atom is 0.323 e. The lowest BCUT2D eigenvalue weighted by Gasteiger charge is -2.13. The fourth-order valence-electron chi connectivity index (χ4n) is 2.10. The van der Waals surface area contributed by atoms with Crippen LogP contribution in [0, 0.1) is 0 Å². The summed E-state index contributed by atoms with van der Waals surface area (Å²) in [6.45, 7) is 3.40. The van der Waals surface area contributed by atoms with E-state index >= 15 is 0 Å². The second-order valence-corrected chi connectivity index (χ2v) is 5.25. The monoisotopic (exact) mass is 316 g/mol. The summed E-state index contributed by atoms with van der Waals surface area (Å²) >= 11 is 6.09. The molecule has 0 aromatic heterocycles. The highest BCUT2D eigenvalue weighted by molar-refractivity contribution is 6.34. The zero-order valence-electron chi connectivity index (χ0n) is 12.4. The molecule has 2 rings (SSSR count). The molecule has 4 nitrogen and oxygen atoms in total. The smallest absolute Gasteiger partial charge is 0.308 e. The predicted octanol–water partition coefficient (Wildman–Crippen LogP) is 4.75. The average molecular weight is 317 g/mol. The van der Waals surface area contributed by atoms with E-state index in [0.717, 1.165) is 5.56 Å². The van der Waals surface area contributed by atoms with Crippen molar-refractivity contribution in [1.82, 2.24) is 0 Å². The van der Waals surface area contributed by atoms with Crippen molar-refractivity contribution in [2.45, 2.75) is 20.3 Å². The minimum Gasteiger partial charge on any atom is -0.308 e. The molecule has 22 heavy (non-hydrogen) atoms. The minimum absolute atomic E-state index is 0.140. The molecule has 2 amide bonds. The van der Waals surface area contributed by atoms with Crippen LogP contribution in [0.2, 0.25) is 5.02 Å². The van der Waals surface area contributed by atoms with Crippen LogP contribution in [0.25, 0.3) is 0 Å². The van der Waals surface area contributed by atoms with Gasteiger partial charge in [0.1, 0.15) is 0 Å². The van der Waals surface area contributed by atoms with E-state index in [1.165, 1.54) is 6.92 Å². The zero-order chi connectivity index (χ0) is 16.1. The molecule has 0 saturated carbocycles. The molecule has 2 aromatic rings. The van der Waals surface area contributed by atoms with Gasteiger partial charge in [0.05, 0.1) is 5.02 Å². The lowest BCUT2D eigenvalue weighted by Crippen LogP contribution is -2.20. The van der Waals surface area contributed by atoms with Crippen molar-refractivity contribution < 1.29 is 9.59 Å². The van der Waals surface area contributed by atoms with E-state index in [1.54, 1.807) is 24.3 Å². The van der Waals surface area contributed by atoms with Crippen molar-refractivity contribution in [3.05, 3.63) is 58.6 Å². The van der Waals surface area contributed by atoms with Crippen LogP contribution in [0.15, 0.2) is 42.5 Å². The number of benzene rings is 2. The van der Waals surface area contributed by atoms with Gasteiger partial charge >= 0.3 is 6.03 Å². The Morgan fingerprint density at radius 2 is 1.77 bits per heavy atom. The van der Waals surface area contributed by atoms with Crippen molar-refractivity contribution in [3.8, 4) is 0 Å². The van der Waals surface area contributed by atoms with Gasteiger partial charge in [0.2, 0.25) is 0 Å². The summed E-state index contributed by atoms with van der Waals surface area (Å²) in [7, 11) is 0. The molecule has 0 aliphatic rings. The Morgan fingerprint density at radius 1 is 1.09 bits per heavy atom. The van der Waals surface area contributed by atoms with Crippen molar-refractivity contribution in [2.24, 2.45) is 0 Å². The fraction of sp³-hybridized carbons (Fsp3) is 0.176. The summed E-state index contributed by atoms with van der Waals surface area (Å²) in [6.07, 6.45) is 0.693. The molecule has 0 bridgehead atoms. The molecule has 0 heterocycles. The number of halogens is 1. The molecule has 0 unspecified atom stereocenters. The van der Waals surface area contributed by atoms with E-state index < -0.39 is 0 Å². The van der Waals surface area contributed by atoms with Gasteiger partial charge in [-0.25, -0.2) is 4.79 Å². The molecule has 114 valence electrons. The van der Waals surface area contributed by atoms with E-state index in [1.807, 2.05) is 25.1 Å². The first-order valence-corrected chi connectivity index (χ1v) is 7.35. The van der Waals surface area contributed by atoms with Crippen LogP contribution in [-0.2, 0) is 6.42 Å². The van der Waals surface area contributed by atoms with E-state index in [9.17, 15) is 9.59 Å². The second kappa shape index (κ2) is 7.09. The number of aryl methyl sites for hydroxylation is 1. The number of carbonyl (C=O) groups is 2. The highest BCUT2D eigenvalue weighted by Gasteiger charge is 2.13. The molecule has 2 aromatic carbocycles. The van der Waals surface area contributed by atoms with Crippen LogP contribution in [0.4, 0.5) is 16.2 Å². The van der Waals surface area contributed by atoms with E-state index in [4.69, 9.17) is 11.6 Å². The summed E-state index contributed by atoms with van der Waals surface area (Å²) in [5.41, 5.74) is 2.55. The zero-order valence-corrected chi connectivity index (χ0v) is 13.2. The Labute approximate surface area is 134 Å². The third-order valence-electron chi connectivity index (χ3n) is 3.23. The third kappa shape index (κ3) is 3.86. The highest BCUT2D eigenvalue weighted by Crippen LogP contribution is 2.26. The van der Waals surface area contributed by atoms with Gasteiger partial charge in [-0.3, -0.25) is 4.79 Å². The molecule has 0 spiro atoms. The lowest BCUT2D eigenvalue weighted by atomic mass is 10.0. The summed E-state index contributed by atoms with van der Waals surface area (Å²) in [5.74, 6) is -0.140. The molecule has 5 heteroatoms. The Morgan fingerprint density at radius 3 is 2.36 bits per heavy atom. The third-order valence-corrected chi connectivity index (χ3v) is 3.55. The van der Waals surface area contributed by atoms with Crippen LogP contribution < -0.4 is 10.6 Å². The molecule has 0 atom stereocenters. The molecule has 0 aliphatic carbocycles. The number of amides is 2. The number of rotatable bonds is 4. The van der Waals surface area contributed by atoms with Gasteiger partial charge in [-0.05, 0) is 43.2 Å². The van der Waals surface area contributed by atoms with Crippen LogP contribution in [-0.4, -0.2) is 11.8 Å². The Hall–Kier alpha value is -2.33. The number of anilines is 2. The van der Waals surface area contributed by atoms with E-state index in [2.05, 4.69) is 10.6 Å². The van der Waals surface area contributed by atoms with E-state index in [0.29, 0.717) is 28.4 Å². The van der Waals surface area contributed by atoms with Gasteiger partial charge in [0.25, 0.3) is 0 Å². The number of nitrogens with one attached hydrogen (secondary N) is 2. The number of hydrogen-bond acceptors (Lipinski definition) is 2. The predicted molar refractivity (Wildman–Crippen MR) is 89.9 cm³/mol. The maximum atomic E-state index is 12.1. The van der Waals surface area contributed by atoms with Crippen molar-refractivity contribution in [3.63, 3.8) is 0 Å². The van der Waals surface area contributed by atoms with Crippen molar-refractivity contribution in [1.29, 1.82) is 0 Å². The molecular weight excluding hydrogens is 300 g/mol. The van der Waals surface area contributed by atoms with Crippen LogP contribution in [0.3, 0.4) is 0 Å². The fourth-order valence-corrected chi connectivity index (χ4v) is 2.42. The Kier molecular flexibility index (Phi) is 5.17. The SMILES string of the molecule is CCc1cc(Cl)c(C(C)=O)cc1NC(=O)Nc1ccccc1. The summed E-state index contributed by atoms with van der Waals surface area (Å²) in [6, 6.07) is 12.1. The molecule has 0 aliphatic heterocycles. The lowest BCUT2D eigenvalue weighted by molar-refractivity contribution is 0.101. The van der Waals surface area contributed by atoms with Crippen molar-refractivity contribution >= 4 is 34.8 Å². The van der Waals surface area contributed by atoms with Crippen molar-refractivity contribution in [2.75, 3.05) is 10.6 Å². The highest BCUT2D eigenvalue weighted by atomic mass is 35.5. The van der Waals surface area contributed by atoms with E-state index in [-0.39, 0.29) is 11.8 Å². The van der Waals surface area contributed by atoms with Gasteiger partial charge in [-0.2, -0.15) is 0 Å². The topological polar surface area (TPSA) is 58.2 Å². The van der Waals surface area contributed by atoms with Gasteiger partial charge in [0, 0.05) is 16.9 Å². The van der Waals surface area contributed by atoms with Gasteiger partial charge in [-0.15, -0.1) is 0 Å². The van der Waals surface area contributed by atoms with Crippen LogP contribution in [0.1, 0.15) is 29.8 Å². The molecule has 2 N–H and O–H groups in total. The first kappa shape index (κ1) is 16.0. The average Bonchev–Trinajstić information content (AvgIpc) is 2.49. The minimum atomic E-state index is -0.363. The molecular formula is C17H17ClN2O2.